The summed E-state index contributed by atoms with van der Waals surface area (Å²) >= 11 is 0. The summed E-state index contributed by atoms with van der Waals surface area (Å²) in [5.41, 5.74) is 1.60. The highest BCUT2D eigenvalue weighted by molar-refractivity contribution is 5.75. The fraction of sp³-hybridized carbons (Fsp3) is 0.633. The van der Waals surface area contributed by atoms with Gasteiger partial charge in [-0.15, -0.1) is 0 Å². The maximum absolute atomic E-state index is 12.9. The molecule has 9 heteroatoms. The molecule has 4 atom stereocenters. The summed E-state index contributed by atoms with van der Waals surface area (Å²) in [4.78, 5) is 24.9. The molecule has 2 aromatic rings. The Balaban J connectivity index is 0.965. The number of anilines is 1. The van der Waals surface area contributed by atoms with Crippen LogP contribution in [0.3, 0.4) is 0 Å². The number of hydrogen-bond acceptors (Lipinski definition) is 8. The summed E-state index contributed by atoms with van der Waals surface area (Å²) < 4.78 is 13.4. The van der Waals surface area contributed by atoms with Crippen LogP contribution < -0.4 is 10.9 Å². The predicted molar refractivity (Wildman–Crippen MR) is 148 cm³/mol. The van der Waals surface area contributed by atoms with E-state index in [9.17, 15) is 9.90 Å². The van der Waals surface area contributed by atoms with Crippen LogP contribution in [0.5, 0.6) is 0 Å². The molecule has 0 spiro atoms. The molecule has 2 aromatic heterocycles. The smallest absolute Gasteiger partial charge is 0.252 e. The molecule has 4 unspecified atom stereocenters. The van der Waals surface area contributed by atoms with Gasteiger partial charge in [-0.2, -0.15) is 4.98 Å². The number of likely N-dealkylation sites (tertiary alicyclic amines) is 1. The fourth-order valence-electron chi connectivity index (χ4n) is 7.33. The van der Waals surface area contributed by atoms with Gasteiger partial charge in [-0.3, -0.25) is 14.3 Å². The third-order valence-corrected chi connectivity index (χ3v) is 9.76. The largest absolute Gasteiger partial charge is 0.396 e. The van der Waals surface area contributed by atoms with Gasteiger partial charge in [-0.25, -0.2) is 4.98 Å². The van der Waals surface area contributed by atoms with E-state index >= 15 is 0 Å². The van der Waals surface area contributed by atoms with E-state index in [2.05, 4.69) is 33.4 Å². The van der Waals surface area contributed by atoms with Crippen LogP contribution in [0.15, 0.2) is 47.0 Å². The first-order valence-corrected chi connectivity index (χ1v) is 14.7. The highest BCUT2D eigenvalue weighted by atomic mass is 16.5. The van der Waals surface area contributed by atoms with Gasteiger partial charge in [-0.05, 0) is 62.5 Å². The Morgan fingerprint density at radius 3 is 2.69 bits per heavy atom. The first-order valence-electron chi connectivity index (χ1n) is 14.7. The number of allylic oxidation sites excluding steroid dienone is 1. The zero-order valence-electron chi connectivity index (χ0n) is 22.5. The van der Waals surface area contributed by atoms with E-state index in [1.807, 2.05) is 16.8 Å². The second kappa shape index (κ2) is 10.4. The Morgan fingerprint density at radius 2 is 2.03 bits per heavy atom. The van der Waals surface area contributed by atoms with E-state index < -0.39 is 0 Å². The molecule has 2 bridgehead atoms. The van der Waals surface area contributed by atoms with Gasteiger partial charge in [-0.1, -0.05) is 18.6 Å². The average Bonchev–Trinajstić information content (AvgIpc) is 3.57. The van der Waals surface area contributed by atoms with Gasteiger partial charge in [0.25, 0.3) is 5.56 Å². The maximum atomic E-state index is 12.9. The van der Waals surface area contributed by atoms with Crippen LogP contribution in [0.4, 0.5) is 5.95 Å². The number of pyridine rings is 1. The molecular weight excluding hydrogens is 494 g/mol. The number of fused-ring (bicyclic) bond motifs is 3. The SMILES string of the molecule is O=c1ccc2cnc(NC3=CCC(N4CCC(OCC5(CO)COC5)CC4)C=C3)nc2n1C1CC2CCC1C2. The lowest BCUT2D eigenvalue weighted by Gasteiger charge is -2.42. The van der Waals surface area contributed by atoms with Crippen molar-refractivity contribution in [3.63, 3.8) is 0 Å². The summed E-state index contributed by atoms with van der Waals surface area (Å²) in [5, 5.41) is 13.9. The number of piperidine rings is 1. The molecule has 2 N–H and O–H groups in total. The van der Waals surface area contributed by atoms with Crippen LogP contribution >= 0.6 is 0 Å². The molecule has 0 amide bonds. The van der Waals surface area contributed by atoms with Crippen molar-refractivity contribution in [3.8, 4) is 0 Å². The first kappa shape index (κ1) is 25.4. The van der Waals surface area contributed by atoms with E-state index in [1.165, 1.54) is 19.3 Å². The van der Waals surface area contributed by atoms with Crippen molar-refractivity contribution in [3.05, 3.63) is 52.6 Å². The minimum atomic E-state index is -0.181. The number of ether oxygens (including phenoxy) is 2. The van der Waals surface area contributed by atoms with Crippen molar-refractivity contribution < 1.29 is 14.6 Å². The third kappa shape index (κ3) is 4.94. The molecule has 0 aromatic carbocycles. The monoisotopic (exact) mass is 533 g/mol. The Hall–Kier alpha value is -2.59. The Kier molecular flexibility index (Phi) is 6.79. The van der Waals surface area contributed by atoms with Gasteiger partial charge >= 0.3 is 0 Å². The molecular formula is C30H39N5O4. The van der Waals surface area contributed by atoms with Gasteiger partial charge in [0.05, 0.1) is 37.9 Å². The van der Waals surface area contributed by atoms with Crippen LogP contribution in [-0.2, 0) is 9.47 Å². The molecule has 2 saturated carbocycles. The van der Waals surface area contributed by atoms with E-state index in [4.69, 9.17) is 14.5 Å². The van der Waals surface area contributed by atoms with Crippen LogP contribution in [0.2, 0.25) is 0 Å². The van der Waals surface area contributed by atoms with Crippen LogP contribution in [0, 0.1) is 17.3 Å². The summed E-state index contributed by atoms with van der Waals surface area (Å²) in [5.74, 6) is 1.89. The molecule has 2 saturated heterocycles. The van der Waals surface area contributed by atoms with E-state index in [-0.39, 0.29) is 29.7 Å². The van der Waals surface area contributed by atoms with Gasteiger partial charge < -0.3 is 19.9 Å². The molecule has 208 valence electrons. The van der Waals surface area contributed by atoms with Crippen molar-refractivity contribution >= 4 is 17.0 Å². The average molecular weight is 534 g/mol. The molecule has 4 fully saturated rings. The van der Waals surface area contributed by atoms with Gasteiger partial charge in [0, 0.05) is 48.5 Å². The zero-order chi connectivity index (χ0) is 26.4. The van der Waals surface area contributed by atoms with Crippen molar-refractivity contribution in [1.82, 2.24) is 19.4 Å². The van der Waals surface area contributed by atoms with Gasteiger partial charge in [0.15, 0.2) is 0 Å². The maximum Gasteiger partial charge on any atom is 0.252 e. The number of aromatic nitrogens is 3. The number of nitrogens with one attached hydrogen (secondary N) is 1. The number of aliphatic hydroxyl groups excluding tert-OH is 1. The summed E-state index contributed by atoms with van der Waals surface area (Å²) in [7, 11) is 0. The third-order valence-electron chi connectivity index (χ3n) is 9.76. The zero-order valence-corrected chi connectivity index (χ0v) is 22.5. The molecule has 9 nitrogen and oxygen atoms in total. The van der Waals surface area contributed by atoms with E-state index in [0.29, 0.717) is 37.7 Å². The number of aliphatic hydroxyl groups is 1. The van der Waals surface area contributed by atoms with Crippen LogP contribution in [-0.4, -0.2) is 76.2 Å². The van der Waals surface area contributed by atoms with E-state index in [1.54, 1.807) is 6.07 Å². The molecule has 2 aliphatic heterocycles. The summed E-state index contributed by atoms with van der Waals surface area (Å²) in [6.45, 7) is 3.93. The van der Waals surface area contributed by atoms with Crippen LogP contribution in [0.1, 0.15) is 51.0 Å². The Labute approximate surface area is 228 Å². The van der Waals surface area contributed by atoms with Gasteiger partial charge in [0.1, 0.15) is 5.65 Å². The lowest BCUT2D eigenvalue weighted by molar-refractivity contribution is -0.180. The Bertz CT molecular complexity index is 1320. The Morgan fingerprint density at radius 1 is 1.15 bits per heavy atom. The summed E-state index contributed by atoms with van der Waals surface area (Å²) in [6.07, 6.45) is 16.5. The summed E-state index contributed by atoms with van der Waals surface area (Å²) in [6, 6.07) is 4.15. The van der Waals surface area contributed by atoms with Crippen LogP contribution in [0.25, 0.3) is 11.0 Å². The number of rotatable bonds is 8. The van der Waals surface area contributed by atoms with E-state index in [0.717, 1.165) is 61.4 Å². The first-order chi connectivity index (χ1) is 19.1. The molecule has 0 radical (unpaired) electrons. The lowest BCUT2D eigenvalue weighted by atomic mass is 9.88. The molecule has 4 heterocycles. The normalized spacial score (nSPS) is 30.4. The highest BCUT2D eigenvalue weighted by Crippen LogP contribution is 2.50. The predicted octanol–water partition coefficient (Wildman–Crippen LogP) is 3.27. The van der Waals surface area contributed by atoms with Crippen molar-refractivity contribution in [1.29, 1.82) is 0 Å². The lowest BCUT2D eigenvalue weighted by Crippen LogP contribution is -2.50. The second-order valence-electron chi connectivity index (χ2n) is 12.4. The second-order valence-corrected chi connectivity index (χ2v) is 12.4. The van der Waals surface area contributed by atoms with Crippen molar-refractivity contribution in [2.45, 2.75) is 63.1 Å². The molecule has 7 rings (SSSR count). The minimum absolute atomic E-state index is 0.0449. The van der Waals surface area contributed by atoms with Gasteiger partial charge in [0.2, 0.25) is 5.95 Å². The standard InChI is InChI=1S/C30H39N5O4/c36-16-30(17-38-18-30)19-39-25-9-11-34(12-10-25)24-6-4-23(5-7-24)32-29-31-15-22-3-8-27(37)35(28(22)33-29)26-14-20-1-2-21(26)13-20/h3-6,8,15,20-21,24-26,36H,1-2,7,9-14,16-19H2,(H,31,32,33). The molecule has 3 aliphatic carbocycles. The minimum Gasteiger partial charge on any atom is -0.396 e. The topological polar surface area (TPSA) is 102 Å². The highest BCUT2D eigenvalue weighted by Gasteiger charge is 2.41. The molecule has 39 heavy (non-hydrogen) atoms. The number of nitrogens with zero attached hydrogens (tertiary/aromatic N) is 4. The van der Waals surface area contributed by atoms with Crippen molar-refractivity contribution in [2.75, 3.05) is 44.8 Å². The molecule has 5 aliphatic rings. The van der Waals surface area contributed by atoms with Crippen molar-refractivity contribution in [2.24, 2.45) is 17.3 Å². The fourth-order valence-corrected chi connectivity index (χ4v) is 7.33. The number of hydrogen-bond donors (Lipinski definition) is 2. The quantitative estimate of drug-likeness (QED) is 0.533.